The highest BCUT2D eigenvalue weighted by atomic mass is 32.2. The van der Waals surface area contributed by atoms with Gasteiger partial charge in [0.05, 0.1) is 18.4 Å². The summed E-state index contributed by atoms with van der Waals surface area (Å²) in [6, 6.07) is 13.5. The van der Waals surface area contributed by atoms with E-state index in [0.29, 0.717) is 41.4 Å². The molecule has 0 aliphatic rings. The molecular formula is C22H26N2O5S. The molecule has 1 atom stereocenters. The Kier molecular flexibility index (Phi) is 6.66. The standard InChI is InChI=1S/C22H26N2O5S/c1-4-12-30(26,27)24-18-10-6-9-17(13-18)22(25)23-15(3)20-14-16-8-7-11-19(28-5-2)21(16)29-20/h6-11,13-15,24H,4-5,12H2,1-3H3,(H,23,25). The number of fused-ring (bicyclic) bond motifs is 1. The Morgan fingerprint density at radius 2 is 1.90 bits per heavy atom. The Balaban J connectivity index is 1.75. The predicted molar refractivity (Wildman–Crippen MR) is 117 cm³/mol. The van der Waals surface area contributed by atoms with Crippen LogP contribution in [0, 0.1) is 0 Å². The maximum atomic E-state index is 12.7. The van der Waals surface area contributed by atoms with Gasteiger partial charge >= 0.3 is 0 Å². The quantitative estimate of drug-likeness (QED) is 0.522. The van der Waals surface area contributed by atoms with Gasteiger partial charge < -0.3 is 14.5 Å². The molecule has 1 amide bonds. The van der Waals surface area contributed by atoms with Gasteiger partial charge in [-0.25, -0.2) is 8.42 Å². The van der Waals surface area contributed by atoms with E-state index in [4.69, 9.17) is 9.15 Å². The predicted octanol–water partition coefficient (Wildman–Crippen LogP) is 4.47. The van der Waals surface area contributed by atoms with Crippen molar-refractivity contribution in [2.24, 2.45) is 0 Å². The molecule has 3 aromatic rings. The summed E-state index contributed by atoms with van der Waals surface area (Å²) >= 11 is 0. The molecule has 0 saturated heterocycles. The summed E-state index contributed by atoms with van der Waals surface area (Å²) in [6.07, 6.45) is 0.509. The van der Waals surface area contributed by atoms with Gasteiger partial charge in [-0.15, -0.1) is 0 Å². The molecule has 8 heteroatoms. The molecule has 1 unspecified atom stereocenters. The van der Waals surface area contributed by atoms with E-state index in [0.717, 1.165) is 5.39 Å². The van der Waals surface area contributed by atoms with E-state index in [2.05, 4.69) is 10.0 Å². The van der Waals surface area contributed by atoms with E-state index in [1.807, 2.05) is 38.1 Å². The lowest BCUT2D eigenvalue weighted by Crippen LogP contribution is -2.26. The van der Waals surface area contributed by atoms with Crippen molar-refractivity contribution in [1.29, 1.82) is 0 Å². The maximum Gasteiger partial charge on any atom is 0.251 e. The average Bonchev–Trinajstić information content (AvgIpc) is 3.13. The fraction of sp³-hybridized carbons (Fsp3) is 0.318. The van der Waals surface area contributed by atoms with Crippen LogP contribution < -0.4 is 14.8 Å². The monoisotopic (exact) mass is 430 g/mol. The fourth-order valence-corrected chi connectivity index (χ4v) is 4.24. The first kappa shape index (κ1) is 21.7. The number of rotatable bonds is 9. The third-order valence-corrected chi connectivity index (χ3v) is 5.96. The van der Waals surface area contributed by atoms with Gasteiger partial charge in [-0.1, -0.05) is 25.1 Å². The third-order valence-electron chi connectivity index (χ3n) is 4.47. The highest BCUT2D eigenvalue weighted by Crippen LogP contribution is 2.31. The van der Waals surface area contributed by atoms with E-state index >= 15 is 0 Å². The van der Waals surface area contributed by atoms with Crippen molar-refractivity contribution in [3.05, 3.63) is 59.9 Å². The van der Waals surface area contributed by atoms with Crippen LogP contribution in [0.1, 0.15) is 49.4 Å². The number of benzene rings is 2. The van der Waals surface area contributed by atoms with Crippen LogP contribution in [0.15, 0.2) is 52.9 Å². The summed E-state index contributed by atoms with van der Waals surface area (Å²) in [6.45, 7) is 6.05. The SMILES string of the molecule is CCCS(=O)(=O)Nc1cccc(C(=O)NC(C)c2cc3cccc(OCC)c3o2)c1. The minimum atomic E-state index is -3.43. The Hall–Kier alpha value is -3.00. The van der Waals surface area contributed by atoms with Gasteiger partial charge in [0.25, 0.3) is 5.91 Å². The van der Waals surface area contributed by atoms with Crippen molar-refractivity contribution in [2.45, 2.75) is 33.2 Å². The Morgan fingerprint density at radius 1 is 1.13 bits per heavy atom. The van der Waals surface area contributed by atoms with Crippen LogP contribution in [-0.4, -0.2) is 26.7 Å². The van der Waals surface area contributed by atoms with Gasteiger partial charge in [-0.2, -0.15) is 0 Å². The molecule has 2 aromatic carbocycles. The second-order valence-corrected chi connectivity index (χ2v) is 8.80. The first-order valence-corrected chi connectivity index (χ1v) is 11.5. The van der Waals surface area contributed by atoms with Crippen LogP contribution >= 0.6 is 0 Å². The molecule has 0 aliphatic carbocycles. The summed E-state index contributed by atoms with van der Waals surface area (Å²) in [5, 5.41) is 3.78. The first-order valence-electron chi connectivity index (χ1n) is 9.89. The lowest BCUT2D eigenvalue weighted by atomic mass is 10.1. The summed E-state index contributed by atoms with van der Waals surface area (Å²) in [5.74, 6) is 0.956. The summed E-state index contributed by atoms with van der Waals surface area (Å²) in [5.41, 5.74) is 1.35. The summed E-state index contributed by atoms with van der Waals surface area (Å²) < 4.78 is 38.0. The van der Waals surface area contributed by atoms with Crippen LogP contribution in [0.5, 0.6) is 5.75 Å². The average molecular weight is 431 g/mol. The number of para-hydroxylation sites is 1. The van der Waals surface area contributed by atoms with E-state index < -0.39 is 10.0 Å². The molecule has 1 aromatic heterocycles. The van der Waals surface area contributed by atoms with E-state index in [-0.39, 0.29) is 17.7 Å². The van der Waals surface area contributed by atoms with Gasteiger partial charge in [0.2, 0.25) is 10.0 Å². The second kappa shape index (κ2) is 9.21. The van der Waals surface area contributed by atoms with E-state index in [9.17, 15) is 13.2 Å². The normalized spacial score (nSPS) is 12.5. The zero-order valence-electron chi connectivity index (χ0n) is 17.3. The van der Waals surface area contributed by atoms with Crippen LogP contribution in [0.2, 0.25) is 0 Å². The number of carbonyl (C=O) groups is 1. The molecule has 7 nitrogen and oxygen atoms in total. The highest BCUT2D eigenvalue weighted by molar-refractivity contribution is 7.92. The first-order chi connectivity index (χ1) is 14.3. The van der Waals surface area contributed by atoms with Crippen molar-refractivity contribution in [3.63, 3.8) is 0 Å². The van der Waals surface area contributed by atoms with Crippen molar-refractivity contribution in [1.82, 2.24) is 5.32 Å². The number of furan rings is 1. The molecule has 0 radical (unpaired) electrons. The lowest BCUT2D eigenvalue weighted by molar-refractivity contribution is 0.0935. The minimum absolute atomic E-state index is 0.0241. The molecule has 2 N–H and O–H groups in total. The Bertz CT molecular complexity index is 1140. The number of hydrogen-bond acceptors (Lipinski definition) is 5. The highest BCUT2D eigenvalue weighted by Gasteiger charge is 2.18. The van der Waals surface area contributed by atoms with Gasteiger partial charge in [0.1, 0.15) is 5.76 Å². The Labute approximate surface area is 176 Å². The lowest BCUT2D eigenvalue weighted by Gasteiger charge is -2.13. The molecule has 1 heterocycles. The molecule has 0 spiro atoms. The number of ether oxygens (including phenoxy) is 1. The van der Waals surface area contributed by atoms with Crippen molar-refractivity contribution in [2.75, 3.05) is 17.1 Å². The third kappa shape index (κ3) is 5.13. The van der Waals surface area contributed by atoms with Crippen LogP contribution in [-0.2, 0) is 10.0 Å². The minimum Gasteiger partial charge on any atom is -0.490 e. The molecule has 0 saturated carbocycles. The van der Waals surface area contributed by atoms with Crippen molar-refractivity contribution in [3.8, 4) is 5.75 Å². The van der Waals surface area contributed by atoms with Gasteiger partial charge in [-0.3, -0.25) is 9.52 Å². The number of anilines is 1. The van der Waals surface area contributed by atoms with Crippen LogP contribution in [0.4, 0.5) is 5.69 Å². The second-order valence-electron chi connectivity index (χ2n) is 6.95. The zero-order valence-corrected chi connectivity index (χ0v) is 18.1. The van der Waals surface area contributed by atoms with Crippen molar-refractivity contribution >= 4 is 32.6 Å². The summed E-state index contributed by atoms with van der Waals surface area (Å²) in [7, 11) is -3.43. The summed E-state index contributed by atoms with van der Waals surface area (Å²) in [4.78, 5) is 12.7. The molecule has 3 rings (SSSR count). The largest absolute Gasteiger partial charge is 0.490 e. The van der Waals surface area contributed by atoms with Gasteiger partial charge in [0.15, 0.2) is 11.3 Å². The number of carbonyl (C=O) groups excluding carboxylic acids is 1. The molecule has 160 valence electrons. The van der Waals surface area contributed by atoms with Gasteiger partial charge in [0, 0.05) is 16.6 Å². The molecule has 0 bridgehead atoms. The number of amides is 1. The Morgan fingerprint density at radius 3 is 2.63 bits per heavy atom. The van der Waals surface area contributed by atoms with Crippen molar-refractivity contribution < 1.29 is 22.4 Å². The number of nitrogens with one attached hydrogen (secondary N) is 2. The number of hydrogen-bond donors (Lipinski definition) is 2. The maximum absolute atomic E-state index is 12.7. The van der Waals surface area contributed by atoms with E-state index in [1.54, 1.807) is 25.1 Å². The molecular weight excluding hydrogens is 404 g/mol. The molecule has 30 heavy (non-hydrogen) atoms. The van der Waals surface area contributed by atoms with E-state index in [1.165, 1.54) is 6.07 Å². The number of sulfonamides is 1. The van der Waals surface area contributed by atoms with Gasteiger partial charge in [-0.05, 0) is 50.6 Å². The zero-order chi connectivity index (χ0) is 21.7. The van der Waals surface area contributed by atoms with Crippen LogP contribution in [0.25, 0.3) is 11.0 Å². The molecule has 0 fully saturated rings. The molecule has 0 aliphatic heterocycles. The fourth-order valence-electron chi connectivity index (χ4n) is 3.11. The smallest absolute Gasteiger partial charge is 0.251 e. The topological polar surface area (TPSA) is 97.6 Å². The van der Waals surface area contributed by atoms with Crippen LogP contribution in [0.3, 0.4) is 0 Å².